The fourth-order valence-corrected chi connectivity index (χ4v) is 2.97. The van der Waals surface area contributed by atoms with Crippen LogP contribution in [0.15, 0.2) is 0 Å². The second kappa shape index (κ2) is 0.883. The lowest BCUT2D eigenvalue weighted by atomic mass is 9.76. The zero-order valence-electron chi connectivity index (χ0n) is 4.77. The first-order chi connectivity index (χ1) is 3.23. The predicted molar refractivity (Wildman–Crippen MR) is 33.6 cm³/mol. The second-order valence-electron chi connectivity index (χ2n) is 2.93. The molecule has 1 heteroatoms. The van der Waals surface area contributed by atoms with E-state index in [1.807, 2.05) is 0 Å². The SMILES string of the molecule is CC1CC2SC12C. The highest BCUT2D eigenvalue weighted by molar-refractivity contribution is 8.09. The van der Waals surface area contributed by atoms with Gasteiger partial charge in [0.15, 0.2) is 0 Å². The molecule has 0 N–H and O–H groups in total. The summed E-state index contributed by atoms with van der Waals surface area (Å²) in [6.45, 7) is 4.74. The fourth-order valence-electron chi connectivity index (χ4n) is 1.38. The molecule has 0 radical (unpaired) electrons. The smallest absolute Gasteiger partial charge is 0.0279 e. The van der Waals surface area contributed by atoms with Crippen molar-refractivity contribution in [2.75, 3.05) is 0 Å². The first-order valence-corrected chi connectivity index (χ1v) is 3.79. The normalized spacial score (nSPS) is 66.0. The monoisotopic (exact) mass is 114 g/mol. The Balaban J connectivity index is 2.17. The average Bonchev–Trinajstić information content (AvgIpc) is 2.13. The van der Waals surface area contributed by atoms with Crippen molar-refractivity contribution in [1.82, 2.24) is 0 Å². The third-order valence-corrected chi connectivity index (χ3v) is 4.43. The van der Waals surface area contributed by atoms with Crippen LogP contribution in [0.25, 0.3) is 0 Å². The predicted octanol–water partition coefficient (Wildman–Crippen LogP) is 1.90. The van der Waals surface area contributed by atoms with E-state index in [0.29, 0.717) is 0 Å². The van der Waals surface area contributed by atoms with Gasteiger partial charge in [-0.2, -0.15) is 0 Å². The summed E-state index contributed by atoms with van der Waals surface area (Å²) in [5.74, 6) is 1.02. The Morgan fingerprint density at radius 2 is 2.43 bits per heavy atom. The van der Waals surface area contributed by atoms with Crippen LogP contribution in [0, 0.1) is 5.92 Å². The summed E-state index contributed by atoms with van der Waals surface area (Å²) in [7, 11) is 0. The number of hydrogen-bond acceptors (Lipinski definition) is 1. The van der Waals surface area contributed by atoms with Crippen molar-refractivity contribution >= 4 is 11.8 Å². The van der Waals surface area contributed by atoms with Crippen LogP contribution in [0.2, 0.25) is 0 Å². The van der Waals surface area contributed by atoms with Crippen molar-refractivity contribution in [2.45, 2.75) is 30.3 Å². The van der Waals surface area contributed by atoms with Gasteiger partial charge in [-0.25, -0.2) is 0 Å². The minimum Gasteiger partial charge on any atom is -0.149 e. The molecule has 0 aromatic heterocycles. The largest absolute Gasteiger partial charge is 0.149 e. The van der Waals surface area contributed by atoms with Crippen molar-refractivity contribution in [3.63, 3.8) is 0 Å². The highest BCUT2D eigenvalue weighted by atomic mass is 32.2. The molecule has 3 unspecified atom stereocenters. The van der Waals surface area contributed by atoms with Crippen LogP contribution in [-0.2, 0) is 0 Å². The van der Waals surface area contributed by atoms with Gasteiger partial charge in [-0.15, -0.1) is 11.8 Å². The van der Waals surface area contributed by atoms with Crippen molar-refractivity contribution in [3.05, 3.63) is 0 Å². The molecule has 0 bridgehead atoms. The van der Waals surface area contributed by atoms with E-state index in [2.05, 4.69) is 25.6 Å². The van der Waals surface area contributed by atoms with Gasteiger partial charge in [-0.05, 0) is 19.3 Å². The van der Waals surface area contributed by atoms with Crippen molar-refractivity contribution in [2.24, 2.45) is 5.92 Å². The summed E-state index contributed by atoms with van der Waals surface area (Å²) in [6, 6.07) is 0. The van der Waals surface area contributed by atoms with E-state index >= 15 is 0 Å². The molecule has 0 nitrogen and oxygen atoms in total. The summed E-state index contributed by atoms with van der Waals surface area (Å²) >= 11 is 2.17. The summed E-state index contributed by atoms with van der Waals surface area (Å²) in [4.78, 5) is 0. The molecule has 1 aliphatic carbocycles. The molecular formula is C6H10S. The topological polar surface area (TPSA) is 0 Å². The molecule has 0 aromatic rings. The zero-order chi connectivity index (χ0) is 5.07. The Morgan fingerprint density at radius 3 is 2.43 bits per heavy atom. The minimum atomic E-state index is 0.764. The Kier molecular flexibility index (Phi) is 0.536. The number of thioether (sulfide) groups is 1. The molecule has 1 aliphatic heterocycles. The van der Waals surface area contributed by atoms with E-state index in [1.165, 1.54) is 6.42 Å². The van der Waals surface area contributed by atoms with Crippen LogP contribution in [0.4, 0.5) is 0 Å². The third kappa shape index (κ3) is 0.321. The second-order valence-corrected chi connectivity index (χ2v) is 4.61. The molecule has 2 rings (SSSR count). The van der Waals surface area contributed by atoms with E-state index in [1.54, 1.807) is 0 Å². The molecule has 1 saturated heterocycles. The summed E-state index contributed by atoms with van der Waals surface area (Å²) in [6.07, 6.45) is 1.49. The van der Waals surface area contributed by atoms with Gasteiger partial charge in [-0.1, -0.05) is 6.92 Å². The van der Waals surface area contributed by atoms with Gasteiger partial charge < -0.3 is 0 Å². The van der Waals surface area contributed by atoms with Crippen LogP contribution in [0.5, 0.6) is 0 Å². The maximum atomic E-state index is 2.39. The molecule has 2 fully saturated rings. The van der Waals surface area contributed by atoms with E-state index in [-0.39, 0.29) is 0 Å². The summed E-state index contributed by atoms with van der Waals surface area (Å²) < 4.78 is 0.764. The third-order valence-electron chi connectivity index (χ3n) is 2.52. The van der Waals surface area contributed by atoms with Gasteiger partial charge in [0, 0.05) is 10.00 Å². The first kappa shape index (κ1) is 4.25. The summed E-state index contributed by atoms with van der Waals surface area (Å²) in [5.41, 5.74) is 0. The van der Waals surface area contributed by atoms with E-state index in [4.69, 9.17) is 0 Å². The van der Waals surface area contributed by atoms with Crippen LogP contribution >= 0.6 is 11.8 Å². The fraction of sp³-hybridized carbons (Fsp3) is 1.00. The summed E-state index contributed by atoms with van der Waals surface area (Å²) in [5, 5.41) is 1.07. The molecule has 40 valence electrons. The minimum absolute atomic E-state index is 0.764. The van der Waals surface area contributed by atoms with Gasteiger partial charge in [-0.3, -0.25) is 0 Å². The molecule has 1 heterocycles. The highest BCUT2D eigenvalue weighted by Gasteiger charge is 2.63. The number of rotatable bonds is 0. The van der Waals surface area contributed by atoms with Gasteiger partial charge in [0.1, 0.15) is 0 Å². The van der Waals surface area contributed by atoms with E-state index in [0.717, 1.165) is 15.9 Å². The number of hydrogen-bond donors (Lipinski definition) is 0. The van der Waals surface area contributed by atoms with Crippen LogP contribution in [0.1, 0.15) is 20.3 Å². The van der Waals surface area contributed by atoms with Crippen molar-refractivity contribution in [3.8, 4) is 0 Å². The lowest BCUT2D eigenvalue weighted by molar-refractivity contribution is 0.330. The van der Waals surface area contributed by atoms with Crippen LogP contribution in [-0.4, -0.2) is 10.00 Å². The lowest BCUT2D eigenvalue weighted by Crippen LogP contribution is -2.31. The first-order valence-electron chi connectivity index (χ1n) is 2.91. The Bertz CT molecular complexity index is 109. The van der Waals surface area contributed by atoms with E-state index in [9.17, 15) is 0 Å². The Labute approximate surface area is 48.7 Å². The quantitative estimate of drug-likeness (QED) is 0.433. The molecule has 2 aliphatic rings. The average molecular weight is 114 g/mol. The molecule has 1 saturated carbocycles. The van der Waals surface area contributed by atoms with Crippen LogP contribution in [0.3, 0.4) is 0 Å². The van der Waals surface area contributed by atoms with Crippen LogP contribution < -0.4 is 0 Å². The van der Waals surface area contributed by atoms with Gasteiger partial charge in [0.25, 0.3) is 0 Å². The molecule has 0 spiro atoms. The Hall–Kier alpha value is 0.350. The van der Waals surface area contributed by atoms with Gasteiger partial charge >= 0.3 is 0 Å². The van der Waals surface area contributed by atoms with Crippen molar-refractivity contribution < 1.29 is 0 Å². The lowest BCUT2D eigenvalue weighted by Gasteiger charge is -2.26. The highest BCUT2D eigenvalue weighted by Crippen LogP contribution is 2.69. The molecular weight excluding hydrogens is 104 g/mol. The molecule has 7 heavy (non-hydrogen) atoms. The van der Waals surface area contributed by atoms with Crippen molar-refractivity contribution in [1.29, 1.82) is 0 Å². The zero-order valence-corrected chi connectivity index (χ0v) is 5.59. The van der Waals surface area contributed by atoms with E-state index < -0.39 is 0 Å². The molecule has 3 atom stereocenters. The molecule has 0 aromatic carbocycles. The Morgan fingerprint density at radius 1 is 1.71 bits per heavy atom. The van der Waals surface area contributed by atoms with Gasteiger partial charge in [0.05, 0.1) is 0 Å². The standard InChI is InChI=1S/C6H10S/c1-4-3-5-6(4,2)7-5/h4-5H,3H2,1-2H3. The maximum absolute atomic E-state index is 2.39. The maximum Gasteiger partial charge on any atom is 0.0279 e. The number of fused-ring (bicyclic) bond motifs is 1. The van der Waals surface area contributed by atoms with Gasteiger partial charge in [0.2, 0.25) is 0 Å². The molecule has 0 amide bonds.